The number of carbonyl (C=O) groups excluding carboxylic acids is 1. The highest BCUT2D eigenvalue weighted by Crippen LogP contribution is 2.29. The molecule has 0 aromatic carbocycles. The third-order valence-corrected chi connectivity index (χ3v) is 5.87. The van der Waals surface area contributed by atoms with E-state index in [1.54, 1.807) is 6.26 Å². The molecule has 0 bridgehead atoms. The van der Waals surface area contributed by atoms with Crippen molar-refractivity contribution in [2.24, 2.45) is 18.9 Å². The summed E-state index contributed by atoms with van der Waals surface area (Å²) in [6, 6.07) is 1.89. The largest absolute Gasteiger partial charge is 0.469 e. The van der Waals surface area contributed by atoms with E-state index < -0.39 is 0 Å². The molecule has 0 spiro atoms. The Kier molecular flexibility index (Phi) is 5.22. The predicted molar refractivity (Wildman–Crippen MR) is 98.3 cm³/mol. The van der Waals surface area contributed by atoms with Crippen molar-refractivity contribution in [2.45, 2.75) is 44.5 Å². The number of furan rings is 1. The van der Waals surface area contributed by atoms with Crippen molar-refractivity contribution in [3.8, 4) is 11.4 Å². The highest BCUT2D eigenvalue weighted by Gasteiger charge is 2.29. The normalized spacial score (nSPS) is 22.2. The molecule has 3 unspecified atom stereocenters. The summed E-state index contributed by atoms with van der Waals surface area (Å²) in [4.78, 5) is 14.8. The van der Waals surface area contributed by atoms with Crippen LogP contribution in [0.5, 0.6) is 0 Å². The van der Waals surface area contributed by atoms with Gasteiger partial charge in [-0.3, -0.25) is 4.79 Å². The zero-order chi connectivity index (χ0) is 18.1. The van der Waals surface area contributed by atoms with Crippen molar-refractivity contribution < 1.29 is 9.21 Å². The Labute approximate surface area is 153 Å². The van der Waals surface area contributed by atoms with Crippen LogP contribution in [0.15, 0.2) is 21.9 Å². The minimum Gasteiger partial charge on any atom is -0.469 e. The van der Waals surface area contributed by atoms with Crippen molar-refractivity contribution in [1.82, 2.24) is 19.7 Å². The number of amides is 1. The molecule has 1 aliphatic rings. The first-order valence-corrected chi connectivity index (χ1v) is 9.64. The maximum Gasteiger partial charge on any atom is 0.235 e. The molecular formula is C18H26N4O2S. The summed E-state index contributed by atoms with van der Waals surface area (Å²) in [6.45, 7) is 10.0. The molecule has 2 aromatic heterocycles. The van der Waals surface area contributed by atoms with E-state index in [1.807, 2.05) is 36.4 Å². The smallest absolute Gasteiger partial charge is 0.235 e. The van der Waals surface area contributed by atoms with E-state index in [2.05, 4.69) is 24.0 Å². The molecule has 0 aliphatic carbocycles. The molecule has 1 fully saturated rings. The molecule has 6 nitrogen and oxygen atoms in total. The van der Waals surface area contributed by atoms with E-state index in [0.29, 0.717) is 11.8 Å². The number of nitrogens with zero attached hydrogens (tertiary/aromatic N) is 4. The van der Waals surface area contributed by atoms with Gasteiger partial charge in [0, 0.05) is 20.1 Å². The summed E-state index contributed by atoms with van der Waals surface area (Å²) in [7, 11) is 1.92. The van der Waals surface area contributed by atoms with Crippen LogP contribution in [0.3, 0.4) is 0 Å². The zero-order valence-corrected chi connectivity index (χ0v) is 16.3. The molecule has 3 heterocycles. The molecule has 0 N–H and O–H groups in total. The molecule has 136 valence electrons. The molecule has 7 heteroatoms. The lowest BCUT2D eigenvalue weighted by molar-refractivity contribution is -0.132. The molecule has 1 aliphatic heterocycles. The van der Waals surface area contributed by atoms with Gasteiger partial charge in [0.05, 0.1) is 17.1 Å². The first-order chi connectivity index (χ1) is 11.9. The Morgan fingerprint density at radius 2 is 2.00 bits per heavy atom. The number of aryl methyl sites for hydroxylation is 1. The van der Waals surface area contributed by atoms with Crippen LogP contribution in [0.2, 0.25) is 0 Å². The molecule has 0 radical (unpaired) electrons. The van der Waals surface area contributed by atoms with Crippen molar-refractivity contribution in [3.63, 3.8) is 0 Å². The lowest BCUT2D eigenvalue weighted by atomic mass is 9.92. The average molecular weight is 362 g/mol. The van der Waals surface area contributed by atoms with E-state index in [0.717, 1.165) is 35.4 Å². The van der Waals surface area contributed by atoms with Crippen LogP contribution in [0.1, 0.15) is 33.0 Å². The SMILES string of the molecule is Cc1occc1-c1nnc(SC(C)C(=O)N2CC(C)CC(C)C2)n1C. The molecule has 3 rings (SSSR count). The zero-order valence-electron chi connectivity index (χ0n) is 15.5. The number of hydrogen-bond acceptors (Lipinski definition) is 5. The van der Waals surface area contributed by atoms with Crippen molar-refractivity contribution in [3.05, 3.63) is 18.1 Å². The van der Waals surface area contributed by atoms with Gasteiger partial charge in [-0.1, -0.05) is 25.6 Å². The standard InChI is InChI=1S/C18H26N4O2S/c1-11-8-12(2)10-22(9-11)17(23)14(4)25-18-20-19-16(21(18)5)15-6-7-24-13(15)3/h6-7,11-12,14H,8-10H2,1-5H3. The van der Waals surface area contributed by atoms with Crippen LogP contribution in [0.4, 0.5) is 0 Å². The summed E-state index contributed by atoms with van der Waals surface area (Å²) < 4.78 is 7.28. The van der Waals surface area contributed by atoms with E-state index in [1.165, 1.54) is 18.2 Å². The number of hydrogen-bond donors (Lipinski definition) is 0. The number of aromatic nitrogens is 3. The summed E-state index contributed by atoms with van der Waals surface area (Å²) in [5.41, 5.74) is 0.930. The Hall–Kier alpha value is -1.76. The fourth-order valence-corrected chi connectivity index (χ4v) is 4.48. The van der Waals surface area contributed by atoms with Gasteiger partial charge in [0.15, 0.2) is 11.0 Å². The first-order valence-electron chi connectivity index (χ1n) is 8.76. The maximum atomic E-state index is 12.8. The van der Waals surface area contributed by atoms with Gasteiger partial charge in [-0.15, -0.1) is 10.2 Å². The molecule has 1 saturated heterocycles. The van der Waals surface area contributed by atoms with Crippen molar-refractivity contribution >= 4 is 17.7 Å². The van der Waals surface area contributed by atoms with Gasteiger partial charge >= 0.3 is 0 Å². The number of likely N-dealkylation sites (tertiary alicyclic amines) is 1. The van der Waals surface area contributed by atoms with Gasteiger partial charge in [-0.2, -0.15) is 0 Å². The Balaban J connectivity index is 1.71. The minimum absolute atomic E-state index is 0.182. The molecular weight excluding hydrogens is 336 g/mol. The summed E-state index contributed by atoms with van der Waals surface area (Å²) in [6.07, 6.45) is 2.85. The molecule has 25 heavy (non-hydrogen) atoms. The first kappa shape index (κ1) is 18.0. The average Bonchev–Trinajstić information content (AvgIpc) is 3.12. The Morgan fingerprint density at radius 3 is 2.60 bits per heavy atom. The number of carbonyl (C=O) groups is 1. The van der Waals surface area contributed by atoms with Crippen LogP contribution in [0, 0.1) is 18.8 Å². The van der Waals surface area contributed by atoms with Crippen LogP contribution < -0.4 is 0 Å². The lowest BCUT2D eigenvalue weighted by Crippen LogP contribution is -2.45. The third-order valence-electron chi connectivity index (χ3n) is 4.75. The van der Waals surface area contributed by atoms with Gasteiger partial charge in [0.1, 0.15) is 5.76 Å². The van der Waals surface area contributed by atoms with Gasteiger partial charge in [-0.25, -0.2) is 0 Å². The molecule has 3 atom stereocenters. The highest BCUT2D eigenvalue weighted by atomic mass is 32.2. The summed E-state index contributed by atoms with van der Waals surface area (Å²) in [5.74, 6) is 2.89. The van der Waals surface area contributed by atoms with Gasteiger partial charge in [-0.05, 0) is 38.2 Å². The van der Waals surface area contributed by atoms with E-state index >= 15 is 0 Å². The summed E-state index contributed by atoms with van der Waals surface area (Å²) >= 11 is 1.47. The van der Waals surface area contributed by atoms with E-state index in [9.17, 15) is 4.79 Å². The minimum atomic E-state index is -0.182. The van der Waals surface area contributed by atoms with Crippen molar-refractivity contribution in [2.75, 3.05) is 13.1 Å². The second kappa shape index (κ2) is 7.23. The Bertz CT molecular complexity index is 744. The number of rotatable bonds is 4. The summed E-state index contributed by atoms with van der Waals surface area (Å²) in [5, 5.41) is 9.11. The molecule has 2 aromatic rings. The Morgan fingerprint density at radius 1 is 1.32 bits per heavy atom. The molecule has 1 amide bonds. The fraction of sp³-hybridized carbons (Fsp3) is 0.611. The molecule has 0 saturated carbocycles. The highest BCUT2D eigenvalue weighted by molar-refractivity contribution is 8.00. The second-order valence-corrected chi connectivity index (χ2v) is 8.51. The predicted octanol–water partition coefficient (Wildman–Crippen LogP) is 3.37. The third kappa shape index (κ3) is 3.76. The second-order valence-electron chi connectivity index (χ2n) is 7.21. The quantitative estimate of drug-likeness (QED) is 0.780. The lowest BCUT2D eigenvalue weighted by Gasteiger charge is -2.36. The van der Waals surface area contributed by atoms with Crippen LogP contribution in [0.25, 0.3) is 11.4 Å². The van der Waals surface area contributed by atoms with Gasteiger partial charge in [0.2, 0.25) is 5.91 Å². The van der Waals surface area contributed by atoms with E-state index in [4.69, 9.17) is 4.42 Å². The monoisotopic (exact) mass is 362 g/mol. The van der Waals surface area contributed by atoms with Gasteiger partial charge < -0.3 is 13.9 Å². The van der Waals surface area contributed by atoms with Crippen LogP contribution in [-0.4, -0.2) is 43.9 Å². The van der Waals surface area contributed by atoms with Gasteiger partial charge in [0.25, 0.3) is 0 Å². The van der Waals surface area contributed by atoms with E-state index in [-0.39, 0.29) is 11.2 Å². The number of thioether (sulfide) groups is 1. The maximum absolute atomic E-state index is 12.8. The van der Waals surface area contributed by atoms with Crippen LogP contribution in [-0.2, 0) is 11.8 Å². The van der Waals surface area contributed by atoms with Crippen molar-refractivity contribution in [1.29, 1.82) is 0 Å². The van der Waals surface area contributed by atoms with Crippen LogP contribution >= 0.6 is 11.8 Å². The topological polar surface area (TPSA) is 64.2 Å². The number of piperidine rings is 1. The fourth-order valence-electron chi connectivity index (χ4n) is 3.58.